The Morgan fingerprint density at radius 2 is 2.15 bits per heavy atom. The molecule has 110 valence electrons. The first-order valence-electron chi connectivity index (χ1n) is 7.21. The molecule has 20 heavy (non-hydrogen) atoms. The van der Waals surface area contributed by atoms with Crippen LogP contribution in [0.2, 0.25) is 0 Å². The highest BCUT2D eigenvalue weighted by molar-refractivity contribution is 5.81. The molecule has 0 spiro atoms. The van der Waals surface area contributed by atoms with Crippen LogP contribution in [0.1, 0.15) is 38.2 Å². The zero-order valence-corrected chi connectivity index (χ0v) is 12.2. The number of rotatable bonds is 5. The number of ether oxygens (including phenoxy) is 1. The highest BCUT2D eigenvalue weighted by Gasteiger charge is 2.35. The van der Waals surface area contributed by atoms with Crippen molar-refractivity contribution in [3.63, 3.8) is 0 Å². The third kappa shape index (κ3) is 3.51. The van der Waals surface area contributed by atoms with Crippen LogP contribution in [0.25, 0.3) is 0 Å². The van der Waals surface area contributed by atoms with Crippen LogP contribution in [0.15, 0.2) is 24.3 Å². The molecule has 2 N–H and O–H groups in total. The standard InChI is InChI=1S/C16H23NO3/c1-12-6-5-7-14(10-12)20-13(2)15(19)17-16(11-18)8-3-4-9-16/h5-7,10,13,18H,3-4,8-9,11H2,1-2H3,(H,17,19). The van der Waals surface area contributed by atoms with Gasteiger partial charge in [0, 0.05) is 0 Å². The Bertz CT molecular complexity index is 467. The van der Waals surface area contributed by atoms with E-state index in [4.69, 9.17) is 4.74 Å². The number of hydrogen-bond donors (Lipinski definition) is 2. The highest BCUT2D eigenvalue weighted by atomic mass is 16.5. The predicted molar refractivity (Wildman–Crippen MR) is 77.7 cm³/mol. The monoisotopic (exact) mass is 277 g/mol. The van der Waals surface area contributed by atoms with Gasteiger partial charge in [0.25, 0.3) is 5.91 Å². The second kappa shape index (κ2) is 6.27. The summed E-state index contributed by atoms with van der Waals surface area (Å²) < 4.78 is 5.66. The van der Waals surface area contributed by atoms with E-state index in [9.17, 15) is 9.90 Å². The minimum atomic E-state index is -0.569. The Morgan fingerprint density at radius 3 is 2.75 bits per heavy atom. The van der Waals surface area contributed by atoms with E-state index in [1.807, 2.05) is 31.2 Å². The normalized spacial score (nSPS) is 18.6. The molecule has 4 nitrogen and oxygen atoms in total. The smallest absolute Gasteiger partial charge is 0.261 e. The molecule has 0 radical (unpaired) electrons. The average Bonchev–Trinajstić information content (AvgIpc) is 2.88. The molecule has 0 bridgehead atoms. The molecule has 1 aromatic carbocycles. The summed E-state index contributed by atoms with van der Waals surface area (Å²) in [4.78, 5) is 12.2. The van der Waals surface area contributed by atoms with Gasteiger partial charge in [-0.15, -0.1) is 0 Å². The fourth-order valence-corrected chi connectivity index (χ4v) is 2.68. The SMILES string of the molecule is Cc1cccc(OC(C)C(=O)NC2(CO)CCCC2)c1. The van der Waals surface area contributed by atoms with Crippen LogP contribution < -0.4 is 10.1 Å². The molecule has 1 amide bonds. The van der Waals surface area contributed by atoms with Gasteiger partial charge in [-0.25, -0.2) is 0 Å². The summed E-state index contributed by atoms with van der Waals surface area (Å²) in [7, 11) is 0. The lowest BCUT2D eigenvalue weighted by Crippen LogP contribution is -2.52. The van der Waals surface area contributed by atoms with Gasteiger partial charge in [0.15, 0.2) is 6.10 Å². The largest absolute Gasteiger partial charge is 0.481 e. The van der Waals surface area contributed by atoms with Crippen LogP contribution >= 0.6 is 0 Å². The molecule has 1 aliphatic carbocycles. The van der Waals surface area contributed by atoms with E-state index in [2.05, 4.69) is 5.32 Å². The van der Waals surface area contributed by atoms with Crippen molar-refractivity contribution in [2.75, 3.05) is 6.61 Å². The van der Waals surface area contributed by atoms with Crippen molar-refractivity contribution in [2.24, 2.45) is 0 Å². The van der Waals surface area contributed by atoms with Gasteiger partial charge in [-0.2, -0.15) is 0 Å². The fourth-order valence-electron chi connectivity index (χ4n) is 2.68. The van der Waals surface area contributed by atoms with Crippen molar-refractivity contribution < 1.29 is 14.6 Å². The lowest BCUT2D eigenvalue weighted by molar-refractivity contribution is -0.129. The first-order chi connectivity index (χ1) is 9.54. The van der Waals surface area contributed by atoms with Crippen molar-refractivity contribution in [2.45, 2.75) is 51.2 Å². The summed E-state index contributed by atoms with van der Waals surface area (Å²) in [6.45, 7) is 3.71. The summed E-state index contributed by atoms with van der Waals surface area (Å²) in [5, 5.41) is 12.5. The van der Waals surface area contributed by atoms with Crippen LogP contribution in [0.5, 0.6) is 5.75 Å². The third-order valence-corrected chi connectivity index (χ3v) is 3.92. The number of aliphatic hydroxyl groups excluding tert-OH is 1. The summed E-state index contributed by atoms with van der Waals surface area (Å²) >= 11 is 0. The molecule has 1 unspecified atom stereocenters. The van der Waals surface area contributed by atoms with Crippen molar-refractivity contribution in [3.05, 3.63) is 29.8 Å². The summed E-state index contributed by atoms with van der Waals surface area (Å²) in [6.07, 6.45) is 3.21. The third-order valence-electron chi connectivity index (χ3n) is 3.92. The van der Waals surface area contributed by atoms with Gasteiger partial charge in [0.2, 0.25) is 0 Å². The number of aryl methyl sites for hydroxylation is 1. The molecule has 1 aromatic rings. The number of aliphatic hydroxyl groups is 1. The molecule has 4 heteroatoms. The second-order valence-corrected chi connectivity index (χ2v) is 5.71. The van der Waals surface area contributed by atoms with Gasteiger partial charge in [-0.1, -0.05) is 25.0 Å². The van der Waals surface area contributed by atoms with Crippen LogP contribution in [0, 0.1) is 6.92 Å². The van der Waals surface area contributed by atoms with Gasteiger partial charge < -0.3 is 15.2 Å². The molecular formula is C16H23NO3. The van der Waals surface area contributed by atoms with Crippen molar-refractivity contribution >= 4 is 5.91 Å². The maximum absolute atomic E-state index is 12.2. The Morgan fingerprint density at radius 1 is 1.45 bits per heavy atom. The predicted octanol–water partition coefficient (Wildman–Crippen LogP) is 2.18. The Hall–Kier alpha value is -1.55. The lowest BCUT2D eigenvalue weighted by atomic mass is 9.98. The summed E-state index contributed by atoms with van der Waals surface area (Å²) in [5.41, 5.74) is 0.652. The number of benzene rings is 1. The quantitative estimate of drug-likeness (QED) is 0.867. The van der Waals surface area contributed by atoms with Gasteiger partial charge >= 0.3 is 0 Å². The molecular weight excluding hydrogens is 254 g/mol. The average molecular weight is 277 g/mol. The topological polar surface area (TPSA) is 58.6 Å². The van der Waals surface area contributed by atoms with E-state index in [1.54, 1.807) is 6.92 Å². The van der Waals surface area contributed by atoms with E-state index in [-0.39, 0.29) is 12.5 Å². The molecule has 1 saturated carbocycles. The fraction of sp³-hybridized carbons (Fsp3) is 0.562. The van der Waals surface area contributed by atoms with Gasteiger partial charge in [0.1, 0.15) is 5.75 Å². The Balaban J connectivity index is 1.95. The van der Waals surface area contributed by atoms with Crippen LogP contribution in [0.3, 0.4) is 0 Å². The summed E-state index contributed by atoms with van der Waals surface area (Å²) in [6, 6.07) is 7.63. The van der Waals surface area contributed by atoms with Crippen molar-refractivity contribution in [1.29, 1.82) is 0 Å². The van der Waals surface area contributed by atoms with E-state index in [0.717, 1.165) is 31.2 Å². The maximum atomic E-state index is 12.2. The molecule has 0 aliphatic heterocycles. The Labute approximate surface area is 120 Å². The van der Waals surface area contributed by atoms with E-state index < -0.39 is 11.6 Å². The molecule has 0 aromatic heterocycles. The van der Waals surface area contributed by atoms with Crippen molar-refractivity contribution in [1.82, 2.24) is 5.32 Å². The van der Waals surface area contributed by atoms with Gasteiger partial charge in [-0.05, 0) is 44.4 Å². The van der Waals surface area contributed by atoms with Gasteiger partial charge in [0.05, 0.1) is 12.1 Å². The Kier molecular flexibility index (Phi) is 4.65. The zero-order valence-electron chi connectivity index (χ0n) is 12.2. The molecule has 0 heterocycles. The molecule has 0 saturated heterocycles. The molecule has 1 atom stereocenters. The maximum Gasteiger partial charge on any atom is 0.261 e. The zero-order chi connectivity index (χ0) is 14.6. The molecule has 1 aliphatic rings. The second-order valence-electron chi connectivity index (χ2n) is 5.71. The van der Waals surface area contributed by atoms with Crippen molar-refractivity contribution in [3.8, 4) is 5.75 Å². The highest BCUT2D eigenvalue weighted by Crippen LogP contribution is 2.29. The number of carbonyl (C=O) groups is 1. The number of amides is 1. The lowest BCUT2D eigenvalue weighted by Gasteiger charge is -2.29. The number of hydrogen-bond acceptors (Lipinski definition) is 3. The molecule has 1 fully saturated rings. The van der Waals surface area contributed by atoms with Gasteiger partial charge in [-0.3, -0.25) is 4.79 Å². The molecule has 2 rings (SSSR count). The first-order valence-corrected chi connectivity index (χ1v) is 7.21. The van der Waals surface area contributed by atoms with E-state index in [0.29, 0.717) is 5.75 Å². The van der Waals surface area contributed by atoms with E-state index in [1.165, 1.54) is 0 Å². The van der Waals surface area contributed by atoms with E-state index >= 15 is 0 Å². The van der Waals surface area contributed by atoms with Crippen LogP contribution in [-0.2, 0) is 4.79 Å². The van der Waals surface area contributed by atoms with Crippen LogP contribution in [0.4, 0.5) is 0 Å². The number of nitrogens with one attached hydrogen (secondary N) is 1. The summed E-state index contributed by atoms with van der Waals surface area (Å²) in [5.74, 6) is 0.527. The minimum Gasteiger partial charge on any atom is -0.481 e. The number of carbonyl (C=O) groups excluding carboxylic acids is 1. The first kappa shape index (κ1) is 14.9. The van der Waals surface area contributed by atoms with Crippen LogP contribution in [-0.4, -0.2) is 29.3 Å². The minimum absolute atomic E-state index is 0.00406.